The van der Waals surface area contributed by atoms with Crippen LogP contribution in [0.1, 0.15) is 28.6 Å². The molecule has 0 radical (unpaired) electrons. The second-order valence-corrected chi connectivity index (χ2v) is 5.39. The fraction of sp³-hybridized carbons (Fsp3) is 0.312. The number of rotatable bonds is 4. The van der Waals surface area contributed by atoms with Gasteiger partial charge in [-0.15, -0.1) is 10.2 Å². The maximum atomic E-state index is 13.4. The van der Waals surface area contributed by atoms with Crippen molar-refractivity contribution in [2.24, 2.45) is 0 Å². The zero-order valence-electron chi connectivity index (χ0n) is 12.9. The first-order valence-corrected chi connectivity index (χ1v) is 7.47. The van der Waals surface area contributed by atoms with Gasteiger partial charge >= 0.3 is 0 Å². The number of hydrogen-bond donors (Lipinski definition) is 2. The monoisotopic (exact) mass is 334 g/mol. The lowest BCUT2D eigenvalue weighted by Crippen LogP contribution is -2.25. The molecule has 0 bridgehead atoms. The maximum Gasteiger partial charge on any atom is 0.271 e. The molecule has 2 N–H and O–H groups in total. The second-order valence-electron chi connectivity index (χ2n) is 5.39. The van der Waals surface area contributed by atoms with Crippen LogP contribution >= 0.6 is 0 Å². The van der Waals surface area contributed by atoms with Crippen LogP contribution in [0.3, 0.4) is 0 Å². The van der Waals surface area contributed by atoms with Gasteiger partial charge in [0, 0.05) is 13.7 Å². The third-order valence-electron chi connectivity index (χ3n) is 3.82. The molecular formula is C16H16F2N4O2. The number of ether oxygens (including phenoxy) is 1. The van der Waals surface area contributed by atoms with Crippen LogP contribution in [0.2, 0.25) is 0 Å². The van der Waals surface area contributed by atoms with E-state index in [9.17, 15) is 13.6 Å². The summed E-state index contributed by atoms with van der Waals surface area (Å²) in [5, 5.41) is 13.4. The molecule has 1 aliphatic rings. The summed E-state index contributed by atoms with van der Waals surface area (Å²) in [5.41, 5.74) is 0.765. The van der Waals surface area contributed by atoms with E-state index in [0.717, 1.165) is 12.1 Å². The van der Waals surface area contributed by atoms with Gasteiger partial charge in [0.15, 0.2) is 17.3 Å². The van der Waals surface area contributed by atoms with Crippen LogP contribution < -0.4 is 10.6 Å². The number of halogens is 2. The minimum absolute atomic E-state index is 0.157. The fourth-order valence-electron chi connectivity index (χ4n) is 2.60. The molecule has 6 nitrogen and oxygen atoms in total. The van der Waals surface area contributed by atoms with E-state index in [4.69, 9.17) is 4.74 Å². The third kappa shape index (κ3) is 3.33. The van der Waals surface area contributed by atoms with Crippen LogP contribution in [-0.2, 0) is 4.74 Å². The topological polar surface area (TPSA) is 76.1 Å². The van der Waals surface area contributed by atoms with E-state index in [1.165, 1.54) is 13.1 Å². The number of nitrogens with one attached hydrogen (secondary N) is 2. The van der Waals surface area contributed by atoms with Crippen molar-refractivity contribution in [1.82, 2.24) is 15.5 Å². The SMILES string of the molecule is CNC(=O)c1ccc(NC2CCOC2c2ccc(F)c(F)c2)nn1. The fourth-order valence-corrected chi connectivity index (χ4v) is 2.60. The number of amides is 1. The molecule has 0 aliphatic carbocycles. The molecule has 1 amide bonds. The summed E-state index contributed by atoms with van der Waals surface area (Å²) in [5.74, 6) is -1.64. The zero-order chi connectivity index (χ0) is 17.1. The molecule has 1 aromatic heterocycles. The van der Waals surface area contributed by atoms with Crippen LogP contribution in [0.5, 0.6) is 0 Å². The molecular weight excluding hydrogens is 318 g/mol. The van der Waals surface area contributed by atoms with Crippen molar-refractivity contribution in [3.63, 3.8) is 0 Å². The highest BCUT2D eigenvalue weighted by atomic mass is 19.2. The van der Waals surface area contributed by atoms with Gasteiger partial charge in [-0.3, -0.25) is 4.79 Å². The van der Waals surface area contributed by atoms with Gasteiger partial charge in [0.25, 0.3) is 5.91 Å². The molecule has 3 rings (SSSR count). The van der Waals surface area contributed by atoms with Crippen LogP contribution in [0.25, 0.3) is 0 Å². The first kappa shape index (κ1) is 16.3. The molecule has 8 heteroatoms. The molecule has 2 heterocycles. The van der Waals surface area contributed by atoms with Gasteiger partial charge in [0.2, 0.25) is 0 Å². The lowest BCUT2D eigenvalue weighted by Gasteiger charge is -2.20. The van der Waals surface area contributed by atoms with Crippen molar-refractivity contribution in [1.29, 1.82) is 0 Å². The summed E-state index contributed by atoms with van der Waals surface area (Å²) in [6.45, 7) is 0.491. The molecule has 0 saturated carbocycles. The Labute approximate surface area is 137 Å². The van der Waals surface area contributed by atoms with Gasteiger partial charge < -0.3 is 15.4 Å². The second kappa shape index (κ2) is 6.88. The van der Waals surface area contributed by atoms with E-state index in [-0.39, 0.29) is 17.6 Å². The standard InChI is InChI=1S/C16H16F2N4O2/c1-19-16(23)13-4-5-14(22-21-13)20-12-6-7-24-15(12)9-2-3-10(17)11(18)8-9/h2-5,8,12,15H,6-7H2,1H3,(H,19,23)(H,20,22). The first-order valence-electron chi connectivity index (χ1n) is 7.47. The molecule has 1 saturated heterocycles. The van der Waals surface area contributed by atoms with Gasteiger partial charge in [-0.2, -0.15) is 0 Å². The Hall–Kier alpha value is -2.61. The lowest BCUT2D eigenvalue weighted by atomic mass is 10.0. The van der Waals surface area contributed by atoms with Crippen molar-refractivity contribution in [2.45, 2.75) is 18.6 Å². The van der Waals surface area contributed by atoms with Gasteiger partial charge in [-0.25, -0.2) is 8.78 Å². The van der Waals surface area contributed by atoms with Crippen LogP contribution in [0, 0.1) is 11.6 Å². The largest absolute Gasteiger partial charge is 0.371 e. The molecule has 2 atom stereocenters. The quantitative estimate of drug-likeness (QED) is 0.895. The highest BCUT2D eigenvalue weighted by Crippen LogP contribution is 2.31. The van der Waals surface area contributed by atoms with E-state index in [2.05, 4.69) is 20.8 Å². The van der Waals surface area contributed by atoms with Crippen molar-refractivity contribution in [2.75, 3.05) is 19.0 Å². The van der Waals surface area contributed by atoms with Crippen molar-refractivity contribution >= 4 is 11.7 Å². The van der Waals surface area contributed by atoms with Gasteiger partial charge in [-0.05, 0) is 36.2 Å². The molecule has 1 aliphatic heterocycles. The van der Waals surface area contributed by atoms with E-state index in [1.54, 1.807) is 12.1 Å². The highest BCUT2D eigenvalue weighted by Gasteiger charge is 2.30. The van der Waals surface area contributed by atoms with Crippen molar-refractivity contribution in [3.05, 3.63) is 53.2 Å². The van der Waals surface area contributed by atoms with Crippen molar-refractivity contribution in [3.8, 4) is 0 Å². The number of aromatic nitrogens is 2. The molecule has 2 unspecified atom stereocenters. The summed E-state index contributed by atoms with van der Waals surface area (Å²) in [4.78, 5) is 11.4. The van der Waals surface area contributed by atoms with Gasteiger partial charge in [0.05, 0.1) is 6.04 Å². The predicted octanol–water partition coefficient (Wildman–Crippen LogP) is 2.06. The summed E-state index contributed by atoms with van der Waals surface area (Å²) in [6.07, 6.45) is 0.267. The normalized spacial score (nSPS) is 20.0. The van der Waals surface area contributed by atoms with Gasteiger partial charge in [-0.1, -0.05) is 6.07 Å². The molecule has 1 aromatic carbocycles. The van der Waals surface area contributed by atoms with E-state index in [0.29, 0.717) is 24.4 Å². The minimum atomic E-state index is -0.906. The molecule has 24 heavy (non-hydrogen) atoms. The van der Waals surface area contributed by atoms with E-state index >= 15 is 0 Å². The predicted molar refractivity (Wildman–Crippen MR) is 82.5 cm³/mol. The van der Waals surface area contributed by atoms with Crippen LogP contribution in [0.4, 0.5) is 14.6 Å². The summed E-state index contributed by atoms with van der Waals surface area (Å²) >= 11 is 0. The Morgan fingerprint density at radius 3 is 2.71 bits per heavy atom. The number of benzene rings is 1. The number of carbonyl (C=O) groups excluding carboxylic acids is 1. The zero-order valence-corrected chi connectivity index (χ0v) is 12.9. The molecule has 1 fully saturated rings. The molecule has 126 valence electrons. The Bertz CT molecular complexity index is 739. The number of anilines is 1. The first-order chi connectivity index (χ1) is 11.6. The Kier molecular flexibility index (Phi) is 4.66. The highest BCUT2D eigenvalue weighted by molar-refractivity contribution is 5.91. The lowest BCUT2D eigenvalue weighted by molar-refractivity contribution is 0.0957. The summed E-state index contributed by atoms with van der Waals surface area (Å²) in [6, 6.07) is 6.76. The van der Waals surface area contributed by atoms with Gasteiger partial charge in [0.1, 0.15) is 11.9 Å². The summed E-state index contributed by atoms with van der Waals surface area (Å²) < 4.78 is 32.1. The Morgan fingerprint density at radius 2 is 2.04 bits per heavy atom. The van der Waals surface area contributed by atoms with Crippen LogP contribution in [-0.4, -0.2) is 35.8 Å². The van der Waals surface area contributed by atoms with E-state index in [1.807, 2.05) is 0 Å². The number of hydrogen-bond acceptors (Lipinski definition) is 5. The van der Waals surface area contributed by atoms with E-state index < -0.39 is 17.7 Å². The van der Waals surface area contributed by atoms with Crippen molar-refractivity contribution < 1.29 is 18.3 Å². The third-order valence-corrected chi connectivity index (χ3v) is 3.82. The number of nitrogens with zero attached hydrogens (tertiary/aromatic N) is 2. The Balaban J connectivity index is 1.74. The smallest absolute Gasteiger partial charge is 0.271 e. The van der Waals surface area contributed by atoms with Crippen LogP contribution in [0.15, 0.2) is 30.3 Å². The maximum absolute atomic E-state index is 13.4. The summed E-state index contributed by atoms with van der Waals surface area (Å²) in [7, 11) is 1.51. The minimum Gasteiger partial charge on any atom is -0.371 e. The average molecular weight is 334 g/mol. The average Bonchev–Trinajstić information content (AvgIpc) is 3.05. The number of carbonyl (C=O) groups is 1. The molecule has 0 spiro atoms. The molecule has 2 aromatic rings. The Morgan fingerprint density at radius 1 is 1.21 bits per heavy atom.